The average Bonchev–Trinajstić information content (AvgIpc) is 2.83. The van der Waals surface area contributed by atoms with Crippen molar-refractivity contribution in [3.05, 3.63) is 52.0 Å². The van der Waals surface area contributed by atoms with Crippen LogP contribution in [0.4, 0.5) is 8.78 Å². The van der Waals surface area contributed by atoms with Gasteiger partial charge in [0, 0.05) is 23.6 Å². The van der Waals surface area contributed by atoms with Crippen LogP contribution in [0.5, 0.6) is 0 Å². The number of hydrogen-bond acceptors (Lipinski definition) is 4. The first-order chi connectivity index (χ1) is 8.22. The Morgan fingerprint density at radius 1 is 1.41 bits per heavy atom. The van der Waals surface area contributed by atoms with E-state index in [0.717, 1.165) is 11.1 Å². The molecule has 2 rings (SSSR count). The van der Waals surface area contributed by atoms with E-state index in [-0.39, 0.29) is 5.56 Å². The van der Waals surface area contributed by atoms with Crippen LogP contribution in [-0.2, 0) is 6.42 Å². The van der Waals surface area contributed by atoms with Gasteiger partial charge in [-0.25, -0.2) is 13.8 Å². The third-order valence-electron chi connectivity index (χ3n) is 2.42. The van der Waals surface area contributed by atoms with Crippen molar-refractivity contribution < 1.29 is 8.78 Å². The number of rotatable bonds is 4. The molecule has 1 unspecified atom stereocenters. The SMILES string of the molecule is NNC(Cc1nccs1)c1cccc(F)c1F. The predicted octanol–water partition coefficient (Wildman–Crippen LogP) is 2.17. The molecule has 0 saturated carbocycles. The minimum atomic E-state index is -0.873. The standard InChI is InChI=1S/C11H11F2N3S/c12-8-3-1-2-7(11(8)13)9(16-14)6-10-15-4-5-17-10/h1-5,9,16H,6,14H2. The number of aromatic nitrogens is 1. The van der Waals surface area contributed by atoms with Gasteiger partial charge in [0.1, 0.15) is 0 Å². The topological polar surface area (TPSA) is 50.9 Å². The molecule has 3 nitrogen and oxygen atoms in total. The lowest BCUT2D eigenvalue weighted by Crippen LogP contribution is -2.30. The fourth-order valence-electron chi connectivity index (χ4n) is 1.58. The van der Waals surface area contributed by atoms with Gasteiger partial charge in [0.15, 0.2) is 11.6 Å². The van der Waals surface area contributed by atoms with Crippen LogP contribution in [-0.4, -0.2) is 4.98 Å². The van der Waals surface area contributed by atoms with Crippen LogP contribution in [0.15, 0.2) is 29.8 Å². The van der Waals surface area contributed by atoms with Gasteiger partial charge in [-0.15, -0.1) is 11.3 Å². The maximum Gasteiger partial charge on any atom is 0.163 e. The van der Waals surface area contributed by atoms with E-state index in [4.69, 9.17) is 5.84 Å². The van der Waals surface area contributed by atoms with Gasteiger partial charge in [0.2, 0.25) is 0 Å². The Bertz CT molecular complexity index is 487. The third kappa shape index (κ3) is 2.66. The molecule has 0 aliphatic carbocycles. The molecule has 1 heterocycles. The molecule has 1 aromatic heterocycles. The number of nitrogens with two attached hydrogens (primary N) is 1. The second-order valence-corrected chi connectivity index (χ2v) is 4.47. The molecule has 1 aromatic carbocycles. The predicted molar refractivity (Wildman–Crippen MR) is 62.2 cm³/mol. The zero-order valence-corrected chi connectivity index (χ0v) is 9.68. The molecule has 3 N–H and O–H groups in total. The lowest BCUT2D eigenvalue weighted by atomic mass is 10.0. The van der Waals surface area contributed by atoms with Gasteiger partial charge in [-0.3, -0.25) is 11.3 Å². The van der Waals surface area contributed by atoms with Crippen LogP contribution >= 0.6 is 11.3 Å². The second kappa shape index (κ2) is 5.31. The van der Waals surface area contributed by atoms with E-state index in [1.54, 1.807) is 6.20 Å². The molecule has 0 aliphatic heterocycles. The number of nitrogens with zero attached hydrogens (tertiary/aromatic N) is 1. The van der Waals surface area contributed by atoms with Crippen molar-refractivity contribution in [2.24, 2.45) is 5.84 Å². The number of thiazole rings is 1. The summed E-state index contributed by atoms with van der Waals surface area (Å²) in [7, 11) is 0. The Labute approximate surface area is 101 Å². The Morgan fingerprint density at radius 3 is 2.88 bits per heavy atom. The molecule has 0 radical (unpaired) electrons. The van der Waals surface area contributed by atoms with Crippen molar-refractivity contribution in [1.29, 1.82) is 0 Å². The first kappa shape index (κ1) is 12.1. The molecular weight excluding hydrogens is 244 g/mol. The number of benzene rings is 1. The Balaban J connectivity index is 2.26. The molecule has 0 spiro atoms. The highest BCUT2D eigenvalue weighted by Crippen LogP contribution is 2.22. The quantitative estimate of drug-likeness (QED) is 0.650. The summed E-state index contributed by atoms with van der Waals surface area (Å²) in [6.45, 7) is 0. The first-order valence-electron chi connectivity index (χ1n) is 5.00. The van der Waals surface area contributed by atoms with Crippen molar-refractivity contribution in [3.8, 4) is 0 Å². The van der Waals surface area contributed by atoms with Crippen LogP contribution in [0.2, 0.25) is 0 Å². The Morgan fingerprint density at radius 2 is 2.24 bits per heavy atom. The molecule has 0 amide bonds. The van der Waals surface area contributed by atoms with E-state index in [0.29, 0.717) is 6.42 Å². The monoisotopic (exact) mass is 255 g/mol. The zero-order valence-electron chi connectivity index (χ0n) is 8.86. The molecular formula is C11H11F2N3S. The summed E-state index contributed by atoms with van der Waals surface area (Å²) in [5.41, 5.74) is 2.70. The summed E-state index contributed by atoms with van der Waals surface area (Å²) < 4.78 is 26.7. The van der Waals surface area contributed by atoms with Gasteiger partial charge in [0.05, 0.1) is 11.0 Å². The van der Waals surface area contributed by atoms with Crippen LogP contribution in [0.1, 0.15) is 16.6 Å². The van der Waals surface area contributed by atoms with E-state index >= 15 is 0 Å². The highest BCUT2D eigenvalue weighted by Gasteiger charge is 2.18. The lowest BCUT2D eigenvalue weighted by Gasteiger charge is -2.15. The second-order valence-electron chi connectivity index (χ2n) is 3.49. The van der Waals surface area contributed by atoms with E-state index in [2.05, 4.69) is 10.4 Å². The fourth-order valence-corrected chi connectivity index (χ4v) is 2.24. The van der Waals surface area contributed by atoms with Gasteiger partial charge in [-0.1, -0.05) is 12.1 Å². The van der Waals surface area contributed by atoms with Crippen LogP contribution in [0.25, 0.3) is 0 Å². The molecule has 1 atom stereocenters. The zero-order chi connectivity index (χ0) is 12.3. The number of hydrogen-bond donors (Lipinski definition) is 2. The normalized spacial score (nSPS) is 12.6. The van der Waals surface area contributed by atoms with E-state index in [1.807, 2.05) is 5.38 Å². The van der Waals surface area contributed by atoms with E-state index in [9.17, 15) is 8.78 Å². The van der Waals surface area contributed by atoms with E-state index < -0.39 is 17.7 Å². The highest BCUT2D eigenvalue weighted by atomic mass is 32.1. The largest absolute Gasteiger partial charge is 0.271 e. The summed E-state index contributed by atoms with van der Waals surface area (Å²) in [5.74, 6) is 3.64. The van der Waals surface area contributed by atoms with Gasteiger partial charge < -0.3 is 0 Å². The summed E-state index contributed by atoms with van der Waals surface area (Å²) in [4.78, 5) is 4.09. The molecule has 90 valence electrons. The van der Waals surface area contributed by atoms with Gasteiger partial charge in [-0.05, 0) is 6.07 Å². The smallest absolute Gasteiger partial charge is 0.163 e. The van der Waals surface area contributed by atoms with Crippen molar-refractivity contribution in [3.63, 3.8) is 0 Å². The maximum atomic E-state index is 13.6. The fraction of sp³-hybridized carbons (Fsp3) is 0.182. The number of halogens is 2. The summed E-state index contributed by atoms with van der Waals surface area (Å²) in [6.07, 6.45) is 2.09. The van der Waals surface area contributed by atoms with Crippen LogP contribution < -0.4 is 11.3 Å². The summed E-state index contributed by atoms with van der Waals surface area (Å²) in [5, 5.41) is 2.64. The van der Waals surface area contributed by atoms with Gasteiger partial charge >= 0.3 is 0 Å². The molecule has 0 bridgehead atoms. The first-order valence-corrected chi connectivity index (χ1v) is 5.88. The highest BCUT2D eigenvalue weighted by molar-refractivity contribution is 7.09. The summed E-state index contributed by atoms with van der Waals surface area (Å²) >= 11 is 1.45. The molecule has 0 saturated heterocycles. The van der Waals surface area contributed by atoms with E-state index in [1.165, 1.54) is 23.5 Å². The molecule has 0 fully saturated rings. The van der Waals surface area contributed by atoms with Crippen molar-refractivity contribution in [2.45, 2.75) is 12.5 Å². The number of hydrazine groups is 1. The maximum absolute atomic E-state index is 13.6. The summed E-state index contributed by atoms with van der Waals surface area (Å²) in [6, 6.07) is 3.56. The number of nitrogens with one attached hydrogen (secondary N) is 1. The van der Waals surface area contributed by atoms with Crippen molar-refractivity contribution >= 4 is 11.3 Å². The van der Waals surface area contributed by atoms with Crippen LogP contribution in [0, 0.1) is 11.6 Å². The average molecular weight is 255 g/mol. The van der Waals surface area contributed by atoms with Crippen LogP contribution in [0.3, 0.4) is 0 Å². The van der Waals surface area contributed by atoms with Crippen molar-refractivity contribution in [1.82, 2.24) is 10.4 Å². The molecule has 0 aliphatic rings. The Hall–Kier alpha value is -1.37. The molecule has 17 heavy (non-hydrogen) atoms. The minimum absolute atomic E-state index is 0.211. The molecule has 6 heteroatoms. The van der Waals surface area contributed by atoms with Crippen molar-refractivity contribution in [2.75, 3.05) is 0 Å². The Kier molecular flexibility index (Phi) is 3.78. The van der Waals surface area contributed by atoms with Gasteiger partial charge in [0.25, 0.3) is 0 Å². The lowest BCUT2D eigenvalue weighted by molar-refractivity contribution is 0.464. The van der Waals surface area contributed by atoms with Gasteiger partial charge in [-0.2, -0.15) is 0 Å². The third-order valence-corrected chi connectivity index (χ3v) is 3.22. The minimum Gasteiger partial charge on any atom is -0.271 e. The molecule has 2 aromatic rings.